The highest BCUT2D eigenvalue weighted by Gasteiger charge is 2.56. The zero-order valence-electron chi connectivity index (χ0n) is 21.6. The highest BCUT2D eigenvalue weighted by molar-refractivity contribution is 9.10. The van der Waals surface area contributed by atoms with E-state index < -0.39 is 11.7 Å². The van der Waals surface area contributed by atoms with Crippen LogP contribution in [-0.2, 0) is 14.3 Å². The van der Waals surface area contributed by atoms with Crippen LogP contribution in [0.2, 0.25) is 0 Å². The Morgan fingerprint density at radius 2 is 1.81 bits per heavy atom. The smallest absolute Gasteiger partial charge is 0.340 e. The summed E-state index contributed by atoms with van der Waals surface area (Å²) in [6, 6.07) is 0. The molecule has 2 aliphatic rings. The van der Waals surface area contributed by atoms with Gasteiger partial charge >= 0.3 is 5.97 Å². The Hall–Kier alpha value is -1.14. The summed E-state index contributed by atoms with van der Waals surface area (Å²) < 4.78 is 13.0. The van der Waals surface area contributed by atoms with E-state index in [4.69, 9.17) is 14.5 Å². The maximum absolute atomic E-state index is 13.3. The zero-order valence-corrected chi connectivity index (χ0v) is 23.1. The van der Waals surface area contributed by atoms with Gasteiger partial charge in [-0.3, -0.25) is 4.98 Å². The van der Waals surface area contributed by atoms with E-state index >= 15 is 0 Å². The number of hydrogen-bond donors (Lipinski definition) is 0. The van der Waals surface area contributed by atoms with Crippen LogP contribution >= 0.6 is 15.9 Å². The number of ether oxygens (including phenoxy) is 2. The van der Waals surface area contributed by atoms with Crippen LogP contribution in [0.25, 0.3) is 0 Å². The van der Waals surface area contributed by atoms with E-state index in [0.717, 1.165) is 40.2 Å². The fourth-order valence-electron chi connectivity index (χ4n) is 5.51. The molecule has 0 aromatic carbocycles. The Bertz CT molecular complexity index is 890. The van der Waals surface area contributed by atoms with Crippen molar-refractivity contribution in [3.63, 3.8) is 0 Å². The third kappa shape index (κ3) is 4.59. The van der Waals surface area contributed by atoms with Crippen LogP contribution in [0.3, 0.4) is 0 Å². The minimum Gasteiger partial charge on any atom is -0.461 e. The molecule has 1 aliphatic carbocycles. The SMILES string of the molecule is Cc1nc(C)c([C@H](OC(C)(C)C)C(=O)OC(C)C)c(N2CC3CCC(C)(C2)C3(C)C)c1Br. The van der Waals surface area contributed by atoms with Crippen LogP contribution in [0.15, 0.2) is 4.47 Å². The first-order chi connectivity index (χ1) is 14.6. The van der Waals surface area contributed by atoms with Crippen molar-refractivity contribution in [2.45, 2.75) is 99.9 Å². The quantitative estimate of drug-likeness (QED) is 0.423. The maximum atomic E-state index is 13.3. The number of pyridine rings is 1. The number of nitrogens with zero attached hydrogens (tertiary/aromatic N) is 2. The molecule has 1 aromatic heterocycles. The minimum atomic E-state index is -0.836. The summed E-state index contributed by atoms with van der Waals surface area (Å²) in [5, 5.41) is 0. The van der Waals surface area contributed by atoms with Gasteiger partial charge in [0.05, 0.1) is 27.6 Å². The topological polar surface area (TPSA) is 51.7 Å². The molecule has 0 spiro atoms. The fourth-order valence-corrected chi connectivity index (χ4v) is 6.06. The Morgan fingerprint density at radius 1 is 1.19 bits per heavy atom. The molecule has 2 fully saturated rings. The lowest BCUT2D eigenvalue weighted by molar-refractivity contribution is -0.171. The summed E-state index contributed by atoms with van der Waals surface area (Å²) in [6.45, 7) is 22.8. The first kappa shape index (κ1) is 25.5. The second-order valence-electron chi connectivity index (χ2n) is 11.9. The van der Waals surface area contributed by atoms with E-state index in [1.165, 1.54) is 12.8 Å². The summed E-state index contributed by atoms with van der Waals surface area (Å²) in [4.78, 5) is 20.6. The monoisotopic (exact) mass is 508 g/mol. The van der Waals surface area contributed by atoms with Crippen LogP contribution in [0.5, 0.6) is 0 Å². The first-order valence-corrected chi connectivity index (χ1v) is 12.7. The summed E-state index contributed by atoms with van der Waals surface area (Å²) >= 11 is 3.84. The van der Waals surface area contributed by atoms with Crippen LogP contribution in [-0.4, -0.2) is 35.7 Å². The van der Waals surface area contributed by atoms with E-state index in [1.54, 1.807) is 0 Å². The highest BCUT2D eigenvalue weighted by Crippen LogP contribution is 2.60. The molecule has 1 aromatic rings. The molecule has 5 nitrogen and oxygen atoms in total. The molecule has 1 saturated heterocycles. The number of anilines is 1. The average Bonchev–Trinajstić information content (AvgIpc) is 2.77. The molecule has 32 heavy (non-hydrogen) atoms. The molecule has 6 heteroatoms. The van der Waals surface area contributed by atoms with Gasteiger partial charge in [0.2, 0.25) is 0 Å². The number of carbonyl (C=O) groups is 1. The lowest BCUT2D eigenvalue weighted by Crippen LogP contribution is -2.52. The molecule has 3 rings (SSSR count). The maximum Gasteiger partial charge on any atom is 0.340 e. The van der Waals surface area contributed by atoms with Crippen molar-refractivity contribution in [3.05, 3.63) is 21.4 Å². The summed E-state index contributed by atoms with van der Waals surface area (Å²) in [5.41, 5.74) is 3.61. The van der Waals surface area contributed by atoms with Gasteiger partial charge in [-0.25, -0.2) is 4.79 Å². The third-order valence-electron chi connectivity index (χ3n) is 7.72. The number of rotatable bonds is 5. The molecule has 2 unspecified atom stereocenters. The van der Waals surface area contributed by atoms with Crippen LogP contribution in [0.1, 0.15) is 91.3 Å². The molecule has 2 heterocycles. The standard InChI is InChI=1S/C26H41BrN2O3/c1-15(2)31-23(30)22(32-24(5,6)7)19-16(3)28-17(4)20(27)21(19)29-13-18-11-12-26(10,14-29)25(18,8)9/h15,18,22H,11-14H2,1-10H3/t18?,22-,26?/m0/s1. The van der Waals surface area contributed by atoms with Gasteiger partial charge in [0.25, 0.3) is 0 Å². The normalized spacial score (nSPS) is 25.9. The van der Waals surface area contributed by atoms with Gasteiger partial charge in [-0.15, -0.1) is 0 Å². The minimum absolute atomic E-state index is 0.218. The predicted molar refractivity (Wildman–Crippen MR) is 133 cm³/mol. The van der Waals surface area contributed by atoms with Crippen LogP contribution in [0.4, 0.5) is 5.69 Å². The Morgan fingerprint density at radius 3 is 2.34 bits per heavy atom. The Labute approximate surface area is 202 Å². The number of fused-ring (bicyclic) bond motifs is 2. The largest absolute Gasteiger partial charge is 0.461 e. The van der Waals surface area contributed by atoms with Crippen molar-refractivity contribution in [2.75, 3.05) is 18.0 Å². The van der Waals surface area contributed by atoms with E-state index in [1.807, 2.05) is 48.5 Å². The fraction of sp³-hybridized carbons (Fsp3) is 0.769. The second-order valence-corrected chi connectivity index (χ2v) is 12.6. The van der Waals surface area contributed by atoms with Crippen LogP contribution in [0, 0.1) is 30.6 Å². The first-order valence-electron chi connectivity index (χ1n) is 11.9. The van der Waals surface area contributed by atoms with Crippen molar-refractivity contribution >= 4 is 27.6 Å². The van der Waals surface area contributed by atoms with Gasteiger partial charge in [-0.1, -0.05) is 20.8 Å². The van der Waals surface area contributed by atoms with E-state index in [9.17, 15) is 4.79 Å². The molecule has 0 radical (unpaired) electrons. The number of esters is 1. The lowest BCUT2D eigenvalue weighted by atomic mass is 9.63. The van der Waals surface area contributed by atoms with Crippen molar-refractivity contribution in [2.24, 2.45) is 16.7 Å². The number of aryl methyl sites for hydroxylation is 2. The van der Waals surface area contributed by atoms with E-state index in [-0.39, 0.29) is 17.5 Å². The van der Waals surface area contributed by atoms with Crippen LogP contribution < -0.4 is 4.90 Å². The van der Waals surface area contributed by atoms with E-state index in [0.29, 0.717) is 11.3 Å². The van der Waals surface area contributed by atoms with Crippen molar-refractivity contribution in [3.8, 4) is 0 Å². The van der Waals surface area contributed by atoms with Crippen molar-refractivity contribution in [1.29, 1.82) is 0 Å². The van der Waals surface area contributed by atoms with Crippen molar-refractivity contribution in [1.82, 2.24) is 4.98 Å². The molecule has 1 saturated carbocycles. The van der Waals surface area contributed by atoms with Gasteiger partial charge in [-0.05, 0) is 94.0 Å². The number of halogens is 1. The zero-order chi connectivity index (χ0) is 24.2. The Kier molecular flexibility index (Phi) is 6.83. The van der Waals surface area contributed by atoms with Crippen molar-refractivity contribution < 1.29 is 14.3 Å². The second kappa shape index (κ2) is 8.57. The summed E-state index contributed by atoms with van der Waals surface area (Å²) in [6.07, 6.45) is 1.42. The number of piperidine rings is 1. The summed E-state index contributed by atoms with van der Waals surface area (Å²) in [7, 11) is 0. The lowest BCUT2D eigenvalue weighted by Gasteiger charge is -2.52. The molecule has 1 aliphatic heterocycles. The number of hydrogen-bond acceptors (Lipinski definition) is 5. The van der Waals surface area contributed by atoms with Gasteiger partial charge in [0.15, 0.2) is 6.10 Å². The van der Waals surface area contributed by atoms with Gasteiger partial charge in [0.1, 0.15) is 0 Å². The Balaban J connectivity index is 2.16. The molecule has 0 amide bonds. The molecule has 180 valence electrons. The molecular formula is C26H41BrN2O3. The average molecular weight is 510 g/mol. The number of carbonyl (C=O) groups excluding carboxylic acids is 1. The number of aromatic nitrogens is 1. The van der Waals surface area contributed by atoms with Gasteiger partial charge < -0.3 is 14.4 Å². The highest BCUT2D eigenvalue weighted by atomic mass is 79.9. The molecule has 0 N–H and O–H groups in total. The van der Waals surface area contributed by atoms with Gasteiger partial charge in [-0.2, -0.15) is 0 Å². The molecule has 3 atom stereocenters. The van der Waals surface area contributed by atoms with Gasteiger partial charge in [0, 0.05) is 24.3 Å². The third-order valence-corrected chi connectivity index (χ3v) is 8.67. The van der Waals surface area contributed by atoms with E-state index in [2.05, 4.69) is 41.6 Å². The summed E-state index contributed by atoms with van der Waals surface area (Å²) in [5.74, 6) is 0.253. The predicted octanol–water partition coefficient (Wildman–Crippen LogP) is 6.53. The molecule has 2 bridgehead atoms. The molecular weight excluding hydrogens is 468 g/mol.